The fraction of sp³-hybridized carbons (Fsp3) is 0.333. The molecule has 0 spiro atoms. The molecule has 2 rings (SSSR count). The summed E-state index contributed by atoms with van der Waals surface area (Å²) < 4.78 is 5.15. The van der Waals surface area contributed by atoms with E-state index in [4.69, 9.17) is 4.74 Å². The van der Waals surface area contributed by atoms with Gasteiger partial charge in [0.1, 0.15) is 5.75 Å². The molecule has 0 fully saturated rings. The van der Waals surface area contributed by atoms with Crippen molar-refractivity contribution in [1.82, 2.24) is 10.3 Å². The van der Waals surface area contributed by atoms with Gasteiger partial charge in [0.25, 0.3) is 5.91 Å². The molecule has 1 unspecified atom stereocenters. The molecule has 1 aromatic carbocycles. The number of pyridine rings is 1. The third kappa shape index (κ3) is 3.02. The number of hydrogen-bond donors (Lipinski definition) is 1. The molecular weight excluding hydrogens is 240 g/mol. The molecule has 0 aliphatic carbocycles. The number of carbonyl (C=O) groups is 1. The highest BCUT2D eigenvalue weighted by Gasteiger charge is 2.09. The van der Waals surface area contributed by atoms with Crippen LogP contribution < -0.4 is 10.1 Å². The van der Waals surface area contributed by atoms with Crippen molar-refractivity contribution in [2.24, 2.45) is 0 Å². The van der Waals surface area contributed by atoms with E-state index in [0.717, 1.165) is 23.1 Å². The van der Waals surface area contributed by atoms with Gasteiger partial charge in [0.15, 0.2) is 0 Å². The van der Waals surface area contributed by atoms with Crippen LogP contribution >= 0.6 is 0 Å². The van der Waals surface area contributed by atoms with Crippen molar-refractivity contribution in [3.63, 3.8) is 0 Å². The molecule has 4 heteroatoms. The normalized spacial score (nSPS) is 12.2. The number of methoxy groups -OCH3 is 1. The number of hydrogen-bond acceptors (Lipinski definition) is 3. The summed E-state index contributed by atoms with van der Waals surface area (Å²) in [6.45, 7) is 4.02. The van der Waals surface area contributed by atoms with E-state index in [9.17, 15) is 4.79 Å². The highest BCUT2D eigenvalue weighted by atomic mass is 16.5. The quantitative estimate of drug-likeness (QED) is 0.917. The molecule has 4 nitrogen and oxygen atoms in total. The van der Waals surface area contributed by atoms with Gasteiger partial charge in [0.2, 0.25) is 0 Å². The van der Waals surface area contributed by atoms with Gasteiger partial charge in [-0.15, -0.1) is 0 Å². The standard InChI is InChI=1S/C15H18N2O2/c1-4-10(2)17-15(18)12-7-11-5-6-13(19-3)8-14(11)16-9-12/h5-10H,4H2,1-3H3,(H,17,18). The number of aromatic nitrogens is 1. The Balaban J connectivity index is 2.29. The average molecular weight is 258 g/mol. The Kier molecular flexibility index (Phi) is 4.00. The Bertz CT molecular complexity index is 596. The summed E-state index contributed by atoms with van der Waals surface area (Å²) in [5, 5.41) is 3.86. The van der Waals surface area contributed by atoms with Crippen LogP contribution in [0.25, 0.3) is 10.9 Å². The zero-order valence-corrected chi connectivity index (χ0v) is 11.4. The van der Waals surface area contributed by atoms with Crippen LogP contribution in [0.15, 0.2) is 30.5 Å². The molecule has 19 heavy (non-hydrogen) atoms. The number of amides is 1. The topological polar surface area (TPSA) is 51.2 Å². The lowest BCUT2D eigenvalue weighted by Crippen LogP contribution is -2.31. The lowest BCUT2D eigenvalue weighted by atomic mass is 10.1. The minimum atomic E-state index is -0.0837. The molecule has 1 aromatic heterocycles. The molecule has 1 atom stereocenters. The Morgan fingerprint density at radius 2 is 2.21 bits per heavy atom. The number of rotatable bonds is 4. The zero-order chi connectivity index (χ0) is 13.8. The summed E-state index contributed by atoms with van der Waals surface area (Å²) in [6.07, 6.45) is 2.50. The predicted octanol–water partition coefficient (Wildman–Crippen LogP) is 2.77. The summed E-state index contributed by atoms with van der Waals surface area (Å²) >= 11 is 0. The number of fused-ring (bicyclic) bond motifs is 1. The highest BCUT2D eigenvalue weighted by Crippen LogP contribution is 2.19. The van der Waals surface area contributed by atoms with Crippen molar-refractivity contribution in [1.29, 1.82) is 0 Å². The lowest BCUT2D eigenvalue weighted by molar-refractivity contribution is 0.0939. The molecule has 0 aliphatic heterocycles. The van der Waals surface area contributed by atoms with Crippen LogP contribution in [0, 0.1) is 0 Å². The van der Waals surface area contributed by atoms with E-state index in [2.05, 4.69) is 10.3 Å². The third-order valence-electron chi connectivity index (χ3n) is 3.14. The molecule has 0 aliphatic rings. The summed E-state index contributed by atoms with van der Waals surface area (Å²) in [5.41, 5.74) is 1.40. The maximum Gasteiger partial charge on any atom is 0.253 e. The molecule has 100 valence electrons. The number of benzene rings is 1. The van der Waals surface area contributed by atoms with Gasteiger partial charge in [-0.3, -0.25) is 9.78 Å². The average Bonchev–Trinajstić information content (AvgIpc) is 2.45. The molecule has 0 saturated heterocycles. The minimum absolute atomic E-state index is 0.0837. The zero-order valence-electron chi connectivity index (χ0n) is 11.4. The largest absolute Gasteiger partial charge is 0.497 e. The van der Waals surface area contributed by atoms with Crippen LogP contribution in [0.1, 0.15) is 30.6 Å². The van der Waals surface area contributed by atoms with Crippen LogP contribution in [-0.2, 0) is 0 Å². The molecular formula is C15H18N2O2. The fourth-order valence-electron chi connectivity index (χ4n) is 1.76. The highest BCUT2D eigenvalue weighted by molar-refractivity contribution is 5.97. The summed E-state index contributed by atoms with van der Waals surface area (Å²) in [5.74, 6) is 0.677. The summed E-state index contributed by atoms with van der Waals surface area (Å²) in [6, 6.07) is 7.63. The van der Waals surface area contributed by atoms with Crippen LogP contribution in [0.3, 0.4) is 0 Å². The first-order valence-corrected chi connectivity index (χ1v) is 6.38. The third-order valence-corrected chi connectivity index (χ3v) is 3.14. The first kappa shape index (κ1) is 13.3. The Morgan fingerprint density at radius 1 is 1.42 bits per heavy atom. The SMILES string of the molecule is CCC(C)NC(=O)c1cnc2cc(OC)ccc2c1. The molecule has 1 heterocycles. The minimum Gasteiger partial charge on any atom is -0.497 e. The molecule has 0 radical (unpaired) electrons. The van der Waals surface area contributed by atoms with Gasteiger partial charge in [-0.25, -0.2) is 0 Å². The Hall–Kier alpha value is -2.10. The van der Waals surface area contributed by atoms with Crippen LogP contribution in [0.5, 0.6) is 5.75 Å². The number of carbonyl (C=O) groups excluding carboxylic acids is 1. The summed E-state index contributed by atoms with van der Waals surface area (Å²) in [4.78, 5) is 16.3. The first-order valence-electron chi connectivity index (χ1n) is 6.38. The van der Waals surface area contributed by atoms with E-state index in [0.29, 0.717) is 5.56 Å². The lowest BCUT2D eigenvalue weighted by Gasteiger charge is -2.11. The van der Waals surface area contributed by atoms with E-state index < -0.39 is 0 Å². The maximum absolute atomic E-state index is 12.0. The van der Waals surface area contributed by atoms with Crippen molar-refractivity contribution in [3.8, 4) is 5.75 Å². The van der Waals surface area contributed by atoms with E-state index >= 15 is 0 Å². The van der Waals surface area contributed by atoms with Crippen LogP contribution in [-0.4, -0.2) is 24.0 Å². The molecule has 1 amide bonds. The van der Waals surface area contributed by atoms with Gasteiger partial charge in [-0.2, -0.15) is 0 Å². The second-order valence-corrected chi connectivity index (χ2v) is 4.57. The van der Waals surface area contributed by atoms with Gasteiger partial charge < -0.3 is 10.1 Å². The predicted molar refractivity (Wildman–Crippen MR) is 75.5 cm³/mol. The second-order valence-electron chi connectivity index (χ2n) is 4.57. The molecule has 2 aromatic rings. The number of ether oxygens (including phenoxy) is 1. The van der Waals surface area contributed by atoms with Gasteiger partial charge in [-0.1, -0.05) is 6.92 Å². The monoisotopic (exact) mass is 258 g/mol. The summed E-state index contributed by atoms with van der Waals surface area (Å²) in [7, 11) is 1.62. The van der Waals surface area contributed by atoms with Crippen LogP contribution in [0.4, 0.5) is 0 Å². The fourth-order valence-corrected chi connectivity index (χ4v) is 1.76. The van der Waals surface area contributed by atoms with Gasteiger partial charge in [-0.05, 0) is 31.5 Å². The van der Waals surface area contributed by atoms with Crippen molar-refractivity contribution >= 4 is 16.8 Å². The smallest absolute Gasteiger partial charge is 0.253 e. The van der Waals surface area contributed by atoms with Crippen molar-refractivity contribution in [2.75, 3.05) is 7.11 Å². The van der Waals surface area contributed by atoms with Crippen molar-refractivity contribution < 1.29 is 9.53 Å². The van der Waals surface area contributed by atoms with E-state index in [1.807, 2.05) is 38.1 Å². The molecule has 1 N–H and O–H groups in total. The maximum atomic E-state index is 12.0. The van der Waals surface area contributed by atoms with Crippen molar-refractivity contribution in [2.45, 2.75) is 26.3 Å². The number of nitrogens with one attached hydrogen (secondary N) is 1. The van der Waals surface area contributed by atoms with Crippen molar-refractivity contribution in [3.05, 3.63) is 36.0 Å². The first-order chi connectivity index (χ1) is 9.13. The van der Waals surface area contributed by atoms with Gasteiger partial charge in [0.05, 0.1) is 18.2 Å². The van der Waals surface area contributed by atoms with Gasteiger partial charge in [0, 0.05) is 23.7 Å². The van der Waals surface area contributed by atoms with Gasteiger partial charge >= 0.3 is 0 Å². The molecule has 0 saturated carbocycles. The Morgan fingerprint density at radius 3 is 2.89 bits per heavy atom. The van der Waals surface area contributed by atoms with Crippen LogP contribution in [0.2, 0.25) is 0 Å². The van der Waals surface area contributed by atoms with E-state index in [1.54, 1.807) is 13.3 Å². The number of nitrogens with zero attached hydrogens (tertiary/aromatic N) is 1. The van der Waals surface area contributed by atoms with E-state index in [1.165, 1.54) is 0 Å². The Labute approximate surface area is 112 Å². The van der Waals surface area contributed by atoms with E-state index in [-0.39, 0.29) is 11.9 Å². The second kappa shape index (κ2) is 5.69. The molecule has 0 bridgehead atoms.